The number of ether oxygens (including phenoxy) is 1. The number of carboxylic acids is 1. The lowest BCUT2D eigenvalue weighted by molar-refractivity contribution is -0.136. The van der Waals surface area contributed by atoms with Crippen molar-refractivity contribution < 1.29 is 19.4 Å². The van der Waals surface area contributed by atoms with Crippen molar-refractivity contribution in [3.63, 3.8) is 0 Å². The van der Waals surface area contributed by atoms with E-state index >= 15 is 0 Å². The van der Waals surface area contributed by atoms with E-state index < -0.39 is 5.97 Å². The fraction of sp³-hybridized carbons (Fsp3) is 0.259. The van der Waals surface area contributed by atoms with Crippen molar-refractivity contribution in [1.29, 1.82) is 0 Å². The van der Waals surface area contributed by atoms with Gasteiger partial charge in [0, 0.05) is 29.1 Å². The van der Waals surface area contributed by atoms with E-state index in [0.29, 0.717) is 26.4 Å². The largest absolute Gasteiger partial charge is 0.485 e. The summed E-state index contributed by atoms with van der Waals surface area (Å²) in [7, 11) is 0. The number of carbonyl (C=O) groups excluding carboxylic acids is 1. The molecule has 0 aliphatic heterocycles. The van der Waals surface area contributed by atoms with Gasteiger partial charge in [-0.3, -0.25) is 9.59 Å². The Hall–Kier alpha value is -2.73. The summed E-state index contributed by atoms with van der Waals surface area (Å²) in [6.07, 6.45) is 1.27. The van der Waals surface area contributed by atoms with E-state index in [2.05, 4.69) is 12.2 Å². The van der Waals surface area contributed by atoms with Crippen LogP contribution in [0.1, 0.15) is 59.7 Å². The first-order valence-corrected chi connectivity index (χ1v) is 12.4. The van der Waals surface area contributed by atoms with Crippen LogP contribution in [0.5, 0.6) is 5.75 Å². The number of benzene rings is 3. The molecule has 184 valence electrons. The average molecular weight is 535 g/mol. The molecule has 2 N–H and O–H groups in total. The predicted octanol–water partition coefficient (Wildman–Crippen LogP) is 7.56. The van der Waals surface area contributed by atoms with Gasteiger partial charge in [0.05, 0.1) is 16.5 Å². The van der Waals surface area contributed by atoms with Crippen LogP contribution in [-0.4, -0.2) is 23.5 Å². The lowest BCUT2D eigenvalue weighted by Crippen LogP contribution is -2.26. The number of aliphatic carboxylic acids is 1. The topological polar surface area (TPSA) is 75.6 Å². The van der Waals surface area contributed by atoms with Crippen molar-refractivity contribution >= 4 is 46.7 Å². The van der Waals surface area contributed by atoms with Crippen molar-refractivity contribution in [1.82, 2.24) is 5.32 Å². The molecule has 0 aliphatic carbocycles. The molecule has 0 saturated carbocycles. The molecule has 0 radical (unpaired) electrons. The molecule has 0 heterocycles. The minimum Gasteiger partial charge on any atom is -0.485 e. The van der Waals surface area contributed by atoms with Gasteiger partial charge in [0.25, 0.3) is 5.91 Å². The summed E-state index contributed by atoms with van der Waals surface area (Å²) in [5.41, 5.74) is 2.42. The number of hydrogen-bond donors (Lipinski definition) is 2. The van der Waals surface area contributed by atoms with Crippen LogP contribution in [0, 0.1) is 0 Å². The number of halogens is 3. The molecule has 2 atom stereocenters. The molecule has 5 nitrogen and oxygen atoms in total. The van der Waals surface area contributed by atoms with Crippen LogP contribution < -0.4 is 10.1 Å². The van der Waals surface area contributed by atoms with Gasteiger partial charge in [-0.1, -0.05) is 72.4 Å². The van der Waals surface area contributed by atoms with E-state index in [9.17, 15) is 9.59 Å². The Morgan fingerprint density at radius 2 is 1.57 bits per heavy atom. The van der Waals surface area contributed by atoms with Gasteiger partial charge >= 0.3 is 5.97 Å². The Labute approximate surface area is 220 Å². The maximum absolute atomic E-state index is 12.4. The van der Waals surface area contributed by atoms with Crippen molar-refractivity contribution in [3.8, 4) is 5.75 Å². The van der Waals surface area contributed by atoms with Crippen LogP contribution in [0.2, 0.25) is 15.1 Å². The van der Waals surface area contributed by atoms with Gasteiger partial charge < -0.3 is 15.2 Å². The highest BCUT2D eigenvalue weighted by atomic mass is 35.5. The third-order valence-corrected chi connectivity index (χ3v) is 6.53. The lowest BCUT2D eigenvalue weighted by Gasteiger charge is -2.29. The van der Waals surface area contributed by atoms with E-state index in [4.69, 9.17) is 44.6 Å². The van der Waals surface area contributed by atoms with Crippen molar-refractivity contribution in [2.24, 2.45) is 0 Å². The van der Waals surface area contributed by atoms with Gasteiger partial charge in [0.15, 0.2) is 0 Å². The van der Waals surface area contributed by atoms with Gasteiger partial charge in [0.2, 0.25) is 0 Å². The fourth-order valence-electron chi connectivity index (χ4n) is 3.80. The van der Waals surface area contributed by atoms with E-state index in [0.717, 1.165) is 24.0 Å². The third kappa shape index (κ3) is 7.63. The molecule has 3 aromatic carbocycles. The molecule has 0 fully saturated rings. The zero-order chi connectivity index (χ0) is 25.4. The number of amides is 1. The molecular formula is C27H26Cl3NO4. The maximum Gasteiger partial charge on any atom is 0.305 e. The third-order valence-electron chi connectivity index (χ3n) is 5.54. The monoisotopic (exact) mass is 533 g/mol. The summed E-state index contributed by atoms with van der Waals surface area (Å²) in [6, 6.07) is 20.0. The zero-order valence-electron chi connectivity index (χ0n) is 19.1. The van der Waals surface area contributed by atoms with E-state index in [-0.39, 0.29) is 30.9 Å². The van der Waals surface area contributed by atoms with Crippen molar-refractivity contribution in [3.05, 3.63) is 98.5 Å². The number of nitrogens with one attached hydrogen (secondary N) is 1. The fourth-order valence-corrected chi connectivity index (χ4v) is 4.22. The molecule has 0 aliphatic rings. The number of hydrogen-bond acceptors (Lipinski definition) is 3. The first kappa shape index (κ1) is 26.9. The molecule has 3 aromatic rings. The van der Waals surface area contributed by atoms with Crippen molar-refractivity contribution in [2.75, 3.05) is 6.54 Å². The predicted molar refractivity (Wildman–Crippen MR) is 140 cm³/mol. The second kappa shape index (κ2) is 12.8. The Morgan fingerprint density at radius 3 is 2.17 bits per heavy atom. The van der Waals surface area contributed by atoms with Crippen LogP contribution in [-0.2, 0) is 4.79 Å². The Balaban J connectivity index is 1.90. The van der Waals surface area contributed by atoms with E-state index in [1.54, 1.807) is 30.3 Å². The summed E-state index contributed by atoms with van der Waals surface area (Å²) in [6.45, 7) is 2.18. The van der Waals surface area contributed by atoms with Crippen LogP contribution in [0.15, 0.2) is 66.7 Å². The molecule has 2 unspecified atom stereocenters. The number of rotatable bonds is 11. The van der Waals surface area contributed by atoms with Crippen LogP contribution >= 0.6 is 34.8 Å². The Kier molecular flexibility index (Phi) is 9.84. The van der Waals surface area contributed by atoms with E-state index in [1.165, 1.54) is 0 Å². The van der Waals surface area contributed by atoms with Gasteiger partial charge in [-0.05, 0) is 53.9 Å². The van der Waals surface area contributed by atoms with Gasteiger partial charge in [-0.15, -0.1) is 0 Å². The Bertz CT molecular complexity index is 1150. The number of carboxylic acid groups (broad SMARTS) is 1. The molecule has 8 heteroatoms. The average Bonchev–Trinajstić information content (AvgIpc) is 2.84. The highest BCUT2D eigenvalue weighted by Crippen LogP contribution is 2.40. The molecule has 0 spiro atoms. The quantitative estimate of drug-likeness (QED) is 0.266. The van der Waals surface area contributed by atoms with E-state index in [1.807, 2.05) is 36.4 Å². The van der Waals surface area contributed by atoms with Gasteiger partial charge in [-0.25, -0.2) is 0 Å². The second-order valence-corrected chi connectivity index (χ2v) is 9.33. The Morgan fingerprint density at radius 1 is 0.914 bits per heavy atom. The molecule has 0 saturated heterocycles. The summed E-state index contributed by atoms with van der Waals surface area (Å²) < 4.78 is 6.48. The molecule has 1 amide bonds. The molecular weight excluding hydrogens is 509 g/mol. The SMILES string of the molecule is CCCC(c1ccc(C(=O)NCCC(=O)O)cc1)C(Oc1ccc(Cl)c(Cl)c1)c1ccc(Cl)cc1. The summed E-state index contributed by atoms with van der Waals surface area (Å²) in [4.78, 5) is 23.0. The molecule has 0 aromatic heterocycles. The molecule has 35 heavy (non-hydrogen) atoms. The normalized spacial score (nSPS) is 12.6. The van der Waals surface area contributed by atoms with Crippen molar-refractivity contribution in [2.45, 2.75) is 38.2 Å². The summed E-state index contributed by atoms with van der Waals surface area (Å²) in [5, 5.41) is 12.9. The first-order chi connectivity index (χ1) is 16.8. The zero-order valence-corrected chi connectivity index (χ0v) is 21.4. The van der Waals surface area contributed by atoms with Crippen LogP contribution in [0.4, 0.5) is 0 Å². The number of carbonyl (C=O) groups is 2. The standard InChI is InChI=1S/C27H26Cl3NO4/c1-2-3-22(17-4-6-19(7-5-17)27(34)31-15-14-25(32)33)26(18-8-10-20(28)11-9-18)35-21-12-13-23(29)24(30)16-21/h4-13,16,22,26H,2-3,14-15H2,1H3,(H,31,34)(H,32,33). The lowest BCUT2D eigenvalue weighted by atomic mass is 9.85. The van der Waals surface area contributed by atoms with Gasteiger partial charge in [-0.2, -0.15) is 0 Å². The molecule has 0 bridgehead atoms. The van der Waals surface area contributed by atoms with Gasteiger partial charge in [0.1, 0.15) is 11.9 Å². The minimum atomic E-state index is -0.960. The first-order valence-electron chi connectivity index (χ1n) is 11.3. The summed E-state index contributed by atoms with van der Waals surface area (Å²) in [5.74, 6) is -0.709. The highest BCUT2D eigenvalue weighted by molar-refractivity contribution is 6.42. The summed E-state index contributed by atoms with van der Waals surface area (Å²) >= 11 is 18.4. The van der Waals surface area contributed by atoms with Crippen LogP contribution in [0.3, 0.4) is 0 Å². The molecule has 3 rings (SSSR count). The minimum absolute atomic E-state index is 0.0280. The second-order valence-electron chi connectivity index (χ2n) is 8.08. The highest BCUT2D eigenvalue weighted by Gasteiger charge is 2.27. The smallest absolute Gasteiger partial charge is 0.305 e. The maximum atomic E-state index is 12.4. The van der Waals surface area contributed by atoms with Crippen LogP contribution in [0.25, 0.3) is 0 Å².